The van der Waals surface area contributed by atoms with Gasteiger partial charge in [0.25, 0.3) is 5.91 Å². The standard InChI is InChI=1S/C21H18FN5O3/c1-3-30-21(29)16-11-26(2)25-19(16)20(28)23-15-8-9-27-12-17(24-18(27)10-15)13-4-6-14(22)7-5-13/h4-12H,3H2,1-2H3,(H,23,28). The third-order valence-corrected chi connectivity index (χ3v) is 4.40. The summed E-state index contributed by atoms with van der Waals surface area (Å²) in [6.07, 6.45) is 5.00. The number of esters is 1. The summed E-state index contributed by atoms with van der Waals surface area (Å²) >= 11 is 0. The molecule has 0 fully saturated rings. The van der Waals surface area contributed by atoms with Gasteiger partial charge in [0.2, 0.25) is 0 Å². The van der Waals surface area contributed by atoms with Gasteiger partial charge >= 0.3 is 5.97 Å². The number of pyridine rings is 1. The lowest BCUT2D eigenvalue weighted by Gasteiger charge is -2.05. The minimum atomic E-state index is -0.608. The Balaban J connectivity index is 1.59. The van der Waals surface area contributed by atoms with Crippen LogP contribution < -0.4 is 5.32 Å². The molecule has 0 aliphatic carbocycles. The van der Waals surface area contributed by atoms with Gasteiger partial charge in [0.1, 0.15) is 17.0 Å². The van der Waals surface area contributed by atoms with Crippen molar-refractivity contribution in [2.24, 2.45) is 7.05 Å². The Labute approximate surface area is 170 Å². The first-order valence-electron chi connectivity index (χ1n) is 9.21. The van der Waals surface area contributed by atoms with Crippen molar-refractivity contribution in [2.75, 3.05) is 11.9 Å². The lowest BCUT2D eigenvalue weighted by atomic mass is 10.2. The summed E-state index contributed by atoms with van der Waals surface area (Å²) in [5, 5.41) is 6.81. The molecule has 9 heteroatoms. The number of benzene rings is 1. The van der Waals surface area contributed by atoms with Crippen LogP contribution >= 0.6 is 0 Å². The number of nitrogens with one attached hydrogen (secondary N) is 1. The molecule has 0 radical (unpaired) electrons. The molecule has 3 heterocycles. The van der Waals surface area contributed by atoms with E-state index in [1.54, 1.807) is 48.8 Å². The van der Waals surface area contributed by atoms with Crippen molar-refractivity contribution < 1.29 is 18.7 Å². The molecule has 1 aromatic carbocycles. The third kappa shape index (κ3) is 3.77. The molecule has 0 aliphatic rings. The van der Waals surface area contributed by atoms with Crippen molar-refractivity contribution in [2.45, 2.75) is 6.92 Å². The number of aryl methyl sites for hydroxylation is 1. The van der Waals surface area contributed by atoms with Gasteiger partial charge in [0.05, 0.1) is 12.3 Å². The molecule has 0 saturated heterocycles. The first-order valence-corrected chi connectivity index (χ1v) is 9.21. The fourth-order valence-electron chi connectivity index (χ4n) is 3.02. The van der Waals surface area contributed by atoms with E-state index in [0.717, 1.165) is 5.56 Å². The molecule has 4 aromatic rings. The Hall–Kier alpha value is -4.01. The molecule has 152 valence electrons. The van der Waals surface area contributed by atoms with E-state index in [-0.39, 0.29) is 23.7 Å². The van der Waals surface area contributed by atoms with Crippen LogP contribution in [0.25, 0.3) is 16.9 Å². The number of hydrogen-bond acceptors (Lipinski definition) is 5. The van der Waals surface area contributed by atoms with Crippen molar-refractivity contribution in [3.63, 3.8) is 0 Å². The SMILES string of the molecule is CCOC(=O)c1cn(C)nc1C(=O)Nc1ccn2cc(-c3ccc(F)cc3)nc2c1. The van der Waals surface area contributed by atoms with E-state index in [2.05, 4.69) is 15.4 Å². The van der Waals surface area contributed by atoms with Gasteiger partial charge in [-0.3, -0.25) is 9.48 Å². The number of ether oxygens (including phenoxy) is 1. The second kappa shape index (κ2) is 7.78. The van der Waals surface area contributed by atoms with Gasteiger partial charge in [0.15, 0.2) is 5.69 Å². The Morgan fingerprint density at radius 1 is 1.17 bits per heavy atom. The highest BCUT2D eigenvalue weighted by Crippen LogP contribution is 2.21. The second-order valence-electron chi connectivity index (χ2n) is 6.55. The highest BCUT2D eigenvalue weighted by atomic mass is 19.1. The van der Waals surface area contributed by atoms with E-state index < -0.39 is 11.9 Å². The average Bonchev–Trinajstić information content (AvgIpc) is 3.32. The van der Waals surface area contributed by atoms with Gasteiger partial charge in [-0.2, -0.15) is 5.10 Å². The lowest BCUT2D eigenvalue weighted by molar-refractivity contribution is 0.0523. The topological polar surface area (TPSA) is 90.5 Å². The molecule has 4 rings (SSSR count). The number of carbonyl (C=O) groups excluding carboxylic acids is 2. The smallest absolute Gasteiger partial charge is 0.342 e. The van der Waals surface area contributed by atoms with Crippen LogP contribution in [-0.4, -0.2) is 37.6 Å². The third-order valence-electron chi connectivity index (χ3n) is 4.40. The van der Waals surface area contributed by atoms with Crippen molar-refractivity contribution in [1.82, 2.24) is 19.2 Å². The van der Waals surface area contributed by atoms with Gasteiger partial charge in [-0.25, -0.2) is 14.2 Å². The molecule has 30 heavy (non-hydrogen) atoms. The average molecular weight is 407 g/mol. The number of anilines is 1. The molecule has 0 spiro atoms. The minimum absolute atomic E-state index is 0.0221. The van der Waals surface area contributed by atoms with Crippen LogP contribution in [0, 0.1) is 5.82 Å². The largest absolute Gasteiger partial charge is 0.462 e. The van der Waals surface area contributed by atoms with Crippen molar-refractivity contribution in [3.8, 4) is 11.3 Å². The maximum Gasteiger partial charge on any atom is 0.342 e. The van der Waals surface area contributed by atoms with Crippen LogP contribution in [0.5, 0.6) is 0 Å². The van der Waals surface area contributed by atoms with Gasteiger partial charge in [-0.1, -0.05) is 0 Å². The lowest BCUT2D eigenvalue weighted by Crippen LogP contribution is -2.17. The minimum Gasteiger partial charge on any atom is -0.462 e. The molecule has 0 atom stereocenters. The van der Waals surface area contributed by atoms with E-state index >= 15 is 0 Å². The monoisotopic (exact) mass is 407 g/mol. The Morgan fingerprint density at radius 3 is 2.67 bits per heavy atom. The van der Waals surface area contributed by atoms with Crippen molar-refractivity contribution in [1.29, 1.82) is 0 Å². The highest BCUT2D eigenvalue weighted by molar-refractivity contribution is 6.09. The fraction of sp³-hybridized carbons (Fsp3) is 0.143. The van der Waals surface area contributed by atoms with E-state index in [1.165, 1.54) is 23.0 Å². The Kier molecular flexibility index (Phi) is 5.01. The van der Waals surface area contributed by atoms with Gasteiger partial charge in [-0.05, 0) is 37.3 Å². The first kappa shape index (κ1) is 19.3. The van der Waals surface area contributed by atoms with Gasteiger partial charge in [-0.15, -0.1) is 0 Å². The van der Waals surface area contributed by atoms with E-state index in [1.807, 2.05) is 6.20 Å². The normalized spacial score (nSPS) is 10.9. The molecule has 3 aromatic heterocycles. The predicted molar refractivity (Wildman–Crippen MR) is 108 cm³/mol. The number of aromatic nitrogens is 4. The number of nitrogens with zero attached hydrogens (tertiary/aromatic N) is 4. The number of halogens is 1. The summed E-state index contributed by atoms with van der Waals surface area (Å²) in [6, 6.07) is 9.44. The van der Waals surface area contributed by atoms with Crippen LogP contribution in [0.4, 0.5) is 10.1 Å². The fourth-order valence-corrected chi connectivity index (χ4v) is 3.02. The molecule has 1 N–H and O–H groups in total. The van der Waals surface area contributed by atoms with Crippen molar-refractivity contribution >= 4 is 23.2 Å². The summed E-state index contributed by atoms with van der Waals surface area (Å²) in [6.45, 7) is 1.88. The molecular formula is C21H18FN5O3. The van der Waals surface area contributed by atoms with Crippen LogP contribution in [0.15, 0.2) is 55.0 Å². The Morgan fingerprint density at radius 2 is 1.93 bits per heavy atom. The zero-order chi connectivity index (χ0) is 21.3. The number of hydrogen-bond donors (Lipinski definition) is 1. The number of fused-ring (bicyclic) bond motifs is 1. The van der Waals surface area contributed by atoms with Crippen molar-refractivity contribution in [3.05, 3.63) is 72.1 Å². The van der Waals surface area contributed by atoms with Gasteiger partial charge in [0, 0.05) is 43.0 Å². The zero-order valence-electron chi connectivity index (χ0n) is 16.3. The number of rotatable bonds is 5. The summed E-state index contributed by atoms with van der Waals surface area (Å²) in [5.41, 5.74) is 2.61. The number of amides is 1. The molecule has 0 unspecified atom stereocenters. The molecular weight excluding hydrogens is 389 g/mol. The maximum absolute atomic E-state index is 13.1. The van der Waals surface area contributed by atoms with E-state index in [0.29, 0.717) is 17.0 Å². The van der Waals surface area contributed by atoms with E-state index in [4.69, 9.17) is 4.74 Å². The van der Waals surface area contributed by atoms with Crippen LogP contribution in [0.2, 0.25) is 0 Å². The molecule has 0 aliphatic heterocycles. The molecule has 0 saturated carbocycles. The maximum atomic E-state index is 13.1. The van der Waals surface area contributed by atoms with Crippen LogP contribution in [0.1, 0.15) is 27.8 Å². The van der Waals surface area contributed by atoms with E-state index in [9.17, 15) is 14.0 Å². The zero-order valence-corrected chi connectivity index (χ0v) is 16.3. The summed E-state index contributed by atoms with van der Waals surface area (Å²) in [4.78, 5) is 29.3. The molecule has 0 bridgehead atoms. The quantitative estimate of drug-likeness (QED) is 0.513. The summed E-state index contributed by atoms with van der Waals surface area (Å²) in [7, 11) is 1.62. The molecule has 1 amide bonds. The first-order chi connectivity index (χ1) is 14.4. The highest BCUT2D eigenvalue weighted by Gasteiger charge is 2.22. The van der Waals surface area contributed by atoms with Crippen LogP contribution in [0.3, 0.4) is 0 Å². The predicted octanol–water partition coefficient (Wildman–Crippen LogP) is 3.30. The van der Waals surface area contributed by atoms with Crippen LogP contribution in [-0.2, 0) is 11.8 Å². The number of carbonyl (C=O) groups is 2. The molecule has 8 nitrogen and oxygen atoms in total. The van der Waals surface area contributed by atoms with Gasteiger partial charge < -0.3 is 14.5 Å². The summed E-state index contributed by atoms with van der Waals surface area (Å²) < 4.78 is 21.3. The Bertz CT molecular complexity index is 1240. The summed E-state index contributed by atoms with van der Waals surface area (Å²) in [5.74, 6) is -1.46. The second-order valence-corrected chi connectivity index (χ2v) is 6.55. The number of imidazole rings is 1.